The van der Waals surface area contributed by atoms with Gasteiger partial charge < -0.3 is 14.8 Å². The van der Waals surface area contributed by atoms with Crippen LogP contribution in [0.3, 0.4) is 0 Å². The highest BCUT2D eigenvalue weighted by Crippen LogP contribution is 2.36. The predicted molar refractivity (Wildman–Crippen MR) is 136 cm³/mol. The van der Waals surface area contributed by atoms with Crippen molar-refractivity contribution in [3.63, 3.8) is 0 Å². The lowest BCUT2D eigenvalue weighted by molar-refractivity contribution is -0.124. The summed E-state index contributed by atoms with van der Waals surface area (Å²) in [6.45, 7) is 1.74. The van der Waals surface area contributed by atoms with Gasteiger partial charge in [0.15, 0.2) is 13.3 Å². The molecule has 1 aliphatic heterocycles. The molecule has 3 aromatic heterocycles. The number of amides is 1. The molecule has 0 radical (unpaired) electrons. The Morgan fingerprint density at radius 2 is 1.97 bits per heavy atom. The Kier molecular flexibility index (Phi) is 5.83. The van der Waals surface area contributed by atoms with Crippen LogP contribution in [0.1, 0.15) is 17.0 Å². The third-order valence-corrected chi connectivity index (χ3v) is 7.30. The number of nitrogens with one attached hydrogen (secondary N) is 1. The minimum Gasteiger partial charge on any atom is -0.467 e. The third kappa shape index (κ3) is 3.99. The van der Waals surface area contributed by atoms with Crippen LogP contribution in [0.4, 0.5) is 0 Å². The van der Waals surface area contributed by atoms with E-state index in [0.29, 0.717) is 18.1 Å². The van der Waals surface area contributed by atoms with E-state index in [0.717, 1.165) is 39.0 Å². The van der Waals surface area contributed by atoms with E-state index in [1.807, 2.05) is 29.6 Å². The summed E-state index contributed by atoms with van der Waals surface area (Å²) < 4.78 is 17.0. The summed E-state index contributed by atoms with van der Waals surface area (Å²) in [6, 6.07) is 6.19. The molecule has 0 fully saturated rings. The van der Waals surface area contributed by atoms with Gasteiger partial charge >= 0.3 is 0 Å². The van der Waals surface area contributed by atoms with Crippen LogP contribution in [0.5, 0.6) is 11.8 Å². The maximum atomic E-state index is 12.3. The van der Waals surface area contributed by atoms with Crippen molar-refractivity contribution < 1.29 is 14.3 Å². The van der Waals surface area contributed by atoms with Crippen LogP contribution < -0.4 is 14.8 Å². The number of aryl methyl sites for hydroxylation is 3. The predicted octanol–water partition coefficient (Wildman–Crippen LogP) is 3.29. The number of carbonyl (C=O) groups is 1. The quantitative estimate of drug-likeness (QED) is 0.276. The summed E-state index contributed by atoms with van der Waals surface area (Å²) in [5.41, 5.74) is 5.28. The smallest absolute Gasteiger partial charge is 0.260 e. The van der Waals surface area contributed by atoms with Gasteiger partial charge in [-0.1, -0.05) is 6.07 Å². The van der Waals surface area contributed by atoms with Crippen molar-refractivity contribution in [1.82, 2.24) is 34.4 Å². The van der Waals surface area contributed by atoms with Crippen LogP contribution in [-0.4, -0.2) is 48.4 Å². The molecule has 33 heavy (non-hydrogen) atoms. The Balaban J connectivity index is 1.70. The average Bonchev–Trinajstić information content (AvgIpc) is 3.43. The number of halogens is 1. The molecule has 1 unspecified atom stereocenters. The number of ether oxygens (including phenoxy) is 2. The standard InChI is InChI=1S/C21H21IN7O3P/c1-12-14-5-6-17-15-8-13(4-7-18(15)29(26-17)33-22)16-9-24-27(2)21(16)32-11-23-19(30)10-31-20(14)28(3)25-12/h4-9,33H,10-11H2,1-3H3,(H,23,30)/b6-5+. The fourth-order valence-corrected chi connectivity index (χ4v) is 5.38. The SMILES string of the molecule is Cc1nn(C)c2c1/C=C/c1nn(PI)c3ccc(cc13)-c1cnn(C)c1OCNC(=O)CO2. The second kappa shape index (κ2) is 8.79. The van der Waals surface area contributed by atoms with Gasteiger partial charge in [-0.05, 0) is 58.8 Å². The number of aromatic nitrogens is 6. The molecule has 0 saturated heterocycles. The molecule has 2 bridgehead atoms. The summed E-state index contributed by atoms with van der Waals surface area (Å²) in [7, 11) is 3.59. The van der Waals surface area contributed by atoms with Gasteiger partial charge in [0.1, 0.15) is 0 Å². The van der Waals surface area contributed by atoms with Crippen LogP contribution in [0, 0.1) is 6.92 Å². The molecular weight excluding hydrogens is 556 g/mol. The molecular formula is C21H21IN7O3P. The van der Waals surface area contributed by atoms with E-state index in [2.05, 4.69) is 49.7 Å². The summed E-state index contributed by atoms with van der Waals surface area (Å²) in [5, 5.41) is 17.3. The first-order valence-electron chi connectivity index (χ1n) is 10.1. The van der Waals surface area contributed by atoms with Crippen LogP contribution in [0.25, 0.3) is 34.2 Å². The Morgan fingerprint density at radius 1 is 1.12 bits per heavy atom. The Labute approximate surface area is 204 Å². The minimum absolute atomic E-state index is 0.00666. The van der Waals surface area contributed by atoms with Gasteiger partial charge in [0.25, 0.3) is 5.91 Å². The zero-order chi connectivity index (χ0) is 23.1. The molecule has 1 N–H and O–H groups in total. The van der Waals surface area contributed by atoms with Gasteiger partial charge in [-0.15, -0.1) is 0 Å². The van der Waals surface area contributed by atoms with E-state index >= 15 is 0 Å². The Morgan fingerprint density at radius 3 is 2.79 bits per heavy atom. The molecule has 0 saturated carbocycles. The lowest BCUT2D eigenvalue weighted by atomic mass is 10.1. The van der Waals surface area contributed by atoms with Crippen LogP contribution in [-0.2, 0) is 18.9 Å². The van der Waals surface area contributed by atoms with E-state index in [4.69, 9.17) is 14.6 Å². The lowest BCUT2D eigenvalue weighted by Crippen LogP contribution is -2.32. The van der Waals surface area contributed by atoms with Crippen molar-refractivity contribution in [3.05, 3.63) is 41.3 Å². The second-order valence-corrected chi connectivity index (χ2v) is 9.58. The molecule has 1 aromatic carbocycles. The van der Waals surface area contributed by atoms with Gasteiger partial charge in [-0.2, -0.15) is 15.3 Å². The van der Waals surface area contributed by atoms with Crippen molar-refractivity contribution in [2.24, 2.45) is 14.1 Å². The van der Waals surface area contributed by atoms with Crippen molar-refractivity contribution in [1.29, 1.82) is 0 Å². The largest absolute Gasteiger partial charge is 0.467 e. The molecule has 1 aliphatic rings. The average molecular weight is 577 g/mol. The highest BCUT2D eigenvalue weighted by molar-refractivity contribution is 14.2. The molecule has 4 heterocycles. The van der Waals surface area contributed by atoms with E-state index in [9.17, 15) is 4.79 Å². The molecule has 1 amide bonds. The molecule has 1 atom stereocenters. The minimum atomic E-state index is -0.301. The van der Waals surface area contributed by atoms with Gasteiger partial charge in [0.05, 0.1) is 40.6 Å². The number of nitrogens with zero attached hydrogens (tertiary/aromatic N) is 6. The highest BCUT2D eigenvalue weighted by Gasteiger charge is 2.18. The molecule has 0 aliphatic carbocycles. The van der Waals surface area contributed by atoms with Crippen LogP contribution >= 0.6 is 28.4 Å². The monoisotopic (exact) mass is 577 g/mol. The zero-order valence-corrected chi connectivity index (χ0v) is 21.3. The van der Waals surface area contributed by atoms with Crippen molar-refractivity contribution in [2.75, 3.05) is 13.3 Å². The van der Waals surface area contributed by atoms with Crippen molar-refractivity contribution in [3.8, 4) is 22.9 Å². The van der Waals surface area contributed by atoms with Gasteiger partial charge in [0.2, 0.25) is 11.8 Å². The fourth-order valence-electron chi connectivity index (χ4n) is 3.84. The van der Waals surface area contributed by atoms with Gasteiger partial charge in [-0.3, -0.25) is 4.79 Å². The Bertz CT molecular complexity index is 1400. The topological polar surface area (TPSA) is 101 Å². The Hall–Kier alpha value is -2.92. The van der Waals surface area contributed by atoms with E-state index < -0.39 is 0 Å². The normalized spacial score (nSPS) is 15.3. The van der Waals surface area contributed by atoms with E-state index in [1.54, 1.807) is 29.7 Å². The van der Waals surface area contributed by atoms with Crippen molar-refractivity contribution in [2.45, 2.75) is 6.92 Å². The third-order valence-electron chi connectivity index (χ3n) is 5.42. The summed E-state index contributed by atoms with van der Waals surface area (Å²) >= 11 is 2.33. The number of fused-ring (bicyclic) bond motifs is 4. The maximum absolute atomic E-state index is 12.3. The maximum Gasteiger partial charge on any atom is 0.260 e. The summed E-state index contributed by atoms with van der Waals surface area (Å²) in [4.78, 5) is 12.3. The number of carbonyl (C=O) groups excluding carboxylic acids is 1. The molecule has 5 rings (SSSR count). The summed E-state index contributed by atoms with van der Waals surface area (Å²) in [6.07, 6.45) is 6.12. The molecule has 0 spiro atoms. The first-order valence-corrected chi connectivity index (χ1v) is 14.2. The van der Waals surface area contributed by atoms with Crippen LogP contribution in [0.2, 0.25) is 0 Å². The number of hydrogen-bond donors (Lipinski definition) is 1. The first kappa shape index (κ1) is 21.9. The lowest BCUT2D eigenvalue weighted by Gasteiger charge is -2.12. The van der Waals surface area contributed by atoms with E-state index in [1.165, 1.54) is 0 Å². The molecule has 12 heteroatoms. The molecule has 170 valence electrons. The number of hydrogen-bond acceptors (Lipinski definition) is 6. The fraction of sp³-hybridized carbons (Fsp3) is 0.238. The zero-order valence-electron chi connectivity index (χ0n) is 18.2. The van der Waals surface area contributed by atoms with Gasteiger partial charge in [0, 0.05) is 19.5 Å². The van der Waals surface area contributed by atoms with Crippen molar-refractivity contribution >= 4 is 57.4 Å². The molecule has 10 nitrogen and oxygen atoms in total. The molecule has 4 aromatic rings. The second-order valence-electron chi connectivity index (χ2n) is 7.54. The number of rotatable bonds is 1. The highest BCUT2D eigenvalue weighted by atomic mass is 127. The first-order chi connectivity index (χ1) is 16.0. The van der Waals surface area contributed by atoms with Crippen LogP contribution in [0.15, 0.2) is 24.4 Å². The number of benzene rings is 1. The summed E-state index contributed by atoms with van der Waals surface area (Å²) in [5.74, 6) is 0.776. The van der Waals surface area contributed by atoms with Gasteiger partial charge in [-0.25, -0.2) is 13.8 Å². The van der Waals surface area contributed by atoms with E-state index in [-0.39, 0.29) is 19.2 Å².